The van der Waals surface area contributed by atoms with Gasteiger partial charge in [0.25, 0.3) is 0 Å². The van der Waals surface area contributed by atoms with Gasteiger partial charge in [-0.1, -0.05) is 24.4 Å². The predicted molar refractivity (Wildman–Crippen MR) is 71.6 cm³/mol. The van der Waals surface area contributed by atoms with Crippen LogP contribution in [-0.2, 0) is 4.74 Å². The molecule has 0 N–H and O–H groups in total. The van der Waals surface area contributed by atoms with Crippen LogP contribution in [0.3, 0.4) is 0 Å². The molecule has 1 heterocycles. The van der Waals surface area contributed by atoms with Crippen LogP contribution < -0.4 is 0 Å². The van der Waals surface area contributed by atoms with Crippen molar-refractivity contribution < 1.29 is 4.74 Å². The third kappa shape index (κ3) is 1.39. The van der Waals surface area contributed by atoms with Gasteiger partial charge in [-0.05, 0) is 18.7 Å². The van der Waals surface area contributed by atoms with Crippen molar-refractivity contribution in [1.29, 1.82) is 0 Å². The average molecular weight is 188 g/mol. The van der Waals surface area contributed by atoms with Gasteiger partial charge in [0.2, 0.25) is 0 Å². The minimum atomic E-state index is 0.228. The van der Waals surface area contributed by atoms with Crippen LogP contribution in [0.25, 0.3) is 0 Å². The molecule has 0 aromatic heterocycles. The summed E-state index contributed by atoms with van der Waals surface area (Å²) in [6.07, 6.45) is 3.24. The summed E-state index contributed by atoms with van der Waals surface area (Å²) in [6.45, 7) is 2.31. The van der Waals surface area contributed by atoms with E-state index >= 15 is 0 Å². The van der Waals surface area contributed by atoms with Crippen molar-refractivity contribution in [2.45, 2.75) is 48.8 Å². The number of fused-ring (bicyclic) bond motifs is 1. The summed E-state index contributed by atoms with van der Waals surface area (Å²) in [4.78, 5) is 0. The fourth-order valence-electron chi connectivity index (χ4n) is 3.27. The Morgan fingerprint density at radius 1 is 1.50 bits per heavy atom. The Labute approximate surface area is 91.4 Å². The van der Waals surface area contributed by atoms with Crippen LogP contribution in [0.4, 0.5) is 0 Å². The minimum absolute atomic E-state index is 0.228. The number of epoxide rings is 1. The maximum atomic E-state index is 5.98. The first-order valence-electron chi connectivity index (χ1n) is 6.18. The summed E-state index contributed by atoms with van der Waals surface area (Å²) in [6, 6.07) is 0. The Balaban J connectivity index is 2.10. The molecule has 0 aromatic rings. The van der Waals surface area contributed by atoms with Gasteiger partial charge < -0.3 is 4.74 Å². The number of hydrogen-bond donors (Lipinski definition) is 0. The van der Waals surface area contributed by atoms with Crippen LogP contribution in [0.15, 0.2) is 0 Å². The third-order valence-electron chi connectivity index (χ3n) is 5.05. The van der Waals surface area contributed by atoms with Crippen LogP contribution in [-0.4, -0.2) is 43.1 Å². The molecule has 1 aliphatic heterocycles. The van der Waals surface area contributed by atoms with E-state index in [4.69, 9.17) is 4.74 Å². The second kappa shape index (κ2) is 3.37. The van der Waals surface area contributed by atoms with E-state index in [1.54, 1.807) is 0 Å². The lowest BCUT2D eigenvalue weighted by molar-refractivity contribution is 0.296. The van der Waals surface area contributed by atoms with Gasteiger partial charge in [0.05, 0.1) is 11.7 Å². The van der Waals surface area contributed by atoms with Crippen molar-refractivity contribution in [3.63, 3.8) is 0 Å². The quantitative estimate of drug-likeness (QED) is 0.378. The van der Waals surface area contributed by atoms with Crippen molar-refractivity contribution in [3.05, 3.63) is 0 Å². The summed E-state index contributed by atoms with van der Waals surface area (Å²) in [5.74, 6) is 3.22. The molecular weight excluding hydrogens is 167 g/mol. The molecule has 0 spiro atoms. The van der Waals surface area contributed by atoms with E-state index in [1.807, 2.05) is 0 Å². The highest BCUT2D eigenvalue weighted by Gasteiger charge is 2.63. The van der Waals surface area contributed by atoms with Crippen molar-refractivity contribution in [3.8, 4) is 0 Å². The molecule has 1 saturated heterocycles. The first-order valence-corrected chi connectivity index (χ1v) is 6.18. The Bertz CT molecular complexity index is 237. The lowest BCUT2D eigenvalue weighted by atomic mass is 9.50. The van der Waals surface area contributed by atoms with Crippen molar-refractivity contribution >= 4 is 31.4 Å². The van der Waals surface area contributed by atoms with Crippen LogP contribution >= 0.6 is 0 Å². The molecular formula is C9H20B4O. The number of hydrogen-bond acceptors (Lipinski definition) is 1. The van der Waals surface area contributed by atoms with Gasteiger partial charge in [-0.15, -0.1) is 0 Å². The first kappa shape index (κ1) is 10.7. The molecule has 1 aliphatic carbocycles. The van der Waals surface area contributed by atoms with Crippen LogP contribution in [0.5, 0.6) is 0 Å². The highest BCUT2D eigenvalue weighted by Crippen LogP contribution is 2.61. The molecule has 1 saturated carbocycles. The molecule has 74 valence electrons. The molecule has 2 aliphatic rings. The zero-order chi connectivity index (χ0) is 10.5. The standard InChI is InChI=1S/C9H20B4O/c1-9-7(13)5(11)2-4(6(12)3-10)8(9)14-9/h4-8H,2-3,10-13H2,1H3. The minimum Gasteiger partial charge on any atom is -0.367 e. The second-order valence-electron chi connectivity index (χ2n) is 5.77. The molecule has 5 heteroatoms. The molecule has 0 radical (unpaired) electrons. The Kier molecular flexibility index (Phi) is 2.58. The molecule has 0 bridgehead atoms. The predicted octanol–water partition coefficient (Wildman–Crippen LogP) is -1.52. The van der Waals surface area contributed by atoms with Gasteiger partial charge in [0.15, 0.2) is 0 Å². The maximum absolute atomic E-state index is 5.98. The van der Waals surface area contributed by atoms with E-state index in [0.29, 0.717) is 6.10 Å². The normalized spacial score (nSPS) is 53.5. The van der Waals surface area contributed by atoms with Gasteiger partial charge in [-0.3, -0.25) is 0 Å². The molecule has 14 heavy (non-hydrogen) atoms. The first-order chi connectivity index (χ1) is 6.50. The van der Waals surface area contributed by atoms with E-state index in [1.165, 1.54) is 12.7 Å². The lowest BCUT2D eigenvalue weighted by Gasteiger charge is -2.36. The summed E-state index contributed by atoms with van der Waals surface area (Å²) in [5, 5.41) is 0. The van der Waals surface area contributed by atoms with Crippen LogP contribution in [0.2, 0.25) is 23.8 Å². The van der Waals surface area contributed by atoms with E-state index in [9.17, 15) is 0 Å². The van der Waals surface area contributed by atoms with Crippen molar-refractivity contribution in [1.82, 2.24) is 0 Å². The van der Waals surface area contributed by atoms with Gasteiger partial charge in [-0.2, -0.15) is 0 Å². The number of rotatable bonds is 2. The smallest absolute Gasteiger partial charge is 0.108 e. The maximum Gasteiger partial charge on any atom is 0.108 e. The fourth-order valence-corrected chi connectivity index (χ4v) is 3.27. The van der Waals surface area contributed by atoms with Crippen LogP contribution in [0.1, 0.15) is 13.3 Å². The van der Waals surface area contributed by atoms with Gasteiger partial charge in [0, 0.05) is 0 Å². The zero-order valence-corrected chi connectivity index (χ0v) is 10.2. The summed E-state index contributed by atoms with van der Waals surface area (Å²) >= 11 is 0. The average Bonchev–Trinajstić information content (AvgIpc) is 2.85. The van der Waals surface area contributed by atoms with Gasteiger partial charge >= 0.3 is 0 Å². The molecule has 0 aromatic carbocycles. The highest BCUT2D eigenvalue weighted by atomic mass is 16.6. The molecule has 6 unspecified atom stereocenters. The Morgan fingerprint density at radius 3 is 2.71 bits per heavy atom. The topological polar surface area (TPSA) is 12.5 Å². The van der Waals surface area contributed by atoms with E-state index in [2.05, 4.69) is 38.3 Å². The summed E-state index contributed by atoms with van der Waals surface area (Å²) in [5.41, 5.74) is 0.228. The third-order valence-corrected chi connectivity index (χ3v) is 5.05. The highest BCUT2D eigenvalue weighted by molar-refractivity contribution is 6.23. The largest absolute Gasteiger partial charge is 0.367 e. The second-order valence-corrected chi connectivity index (χ2v) is 5.77. The van der Waals surface area contributed by atoms with E-state index in [-0.39, 0.29) is 5.60 Å². The monoisotopic (exact) mass is 188 g/mol. The van der Waals surface area contributed by atoms with Gasteiger partial charge in [-0.25, -0.2) is 0 Å². The molecule has 1 nitrogen and oxygen atoms in total. The molecule has 0 amide bonds. The zero-order valence-electron chi connectivity index (χ0n) is 10.2. The van der Waals surface area contributed by atoms with Crippen molar-refractivity contribution in [2.24, 2.45) is 5.92 Å². The number of ether oxygens (including phenoxy) is 1. The molecule has 2 rings (SSSR count). The van der Waals surface area contributed by atoms with E-state index in [0.717, 1.165) is 23.4 Å². The molecule has 6 atom stereocenters. The SMILES string of the molecule is BCC(B)C1CC(B)C(B)C2(C)OC12. The Hall–Kier alpha value is 0.220. The van der Waals surface area contributed by atoms with E-state index < -0.39 is 0 Å². The van der Waals surface area contributed by atoms with Gasteiger partial charge in [0.1, 0.15) is 31.4 Å². The Morgan fingerprint density at radius 2 is 2.14 bits per heavy atom. The lowest BCUT2D eigenvalue weighted by Crippen LogP contribution is -2.35. The van der Waals surface area contributed by atoms with Crippen LogP contribution in [0, 0.1) is 5.92 Å². The summed E-state index contributed by atoms with van der Waals surface area (Å²) < 4.78 is 5.98. The fraction of sp³-hybridized carbons (Fsp3) is 1.00. The summed E-state index contributed by atoms with van der Waals surface area (Å²) in [7, 11) is 9.43. The van der Waals surface area contributed by atoms with Crippen molar-refractivity contribution in [2.75, 3.05) is 0 Å². The molecule has 2 fully saturated rings.